The minimum atomic E-state index is 0.895. The first-order valence-corrected chi connectivity index (χ1v) is 13.3. The quantitative estimate of drug-likeness (QED) is 0.244. The Morgan fingerprint density at radius 1 is 0.486 bits per heavy atom. The molecule has 0 aliphatic carbocycles. The Morgan fingerprint density at radius 2 is 1.22 bits per heavy atom. The molecule has 0 saturated carbocycles. The highest BCUT2D eigenvalue weighted by Gasteiger charge is 2.21. The Balaban J connectivity index is 1.47. The highest BCUT2D eigenvalue weighted by molar-refractivity contribution is 7.25. The number of hydrogen-bond donors (Lipinski definition) is 0. The lowest BCUT2D eigenvalue weighted by Gasteiger charge is -2.27. The van der Waals surface area contributed by atoms with Crippen molar-refractivity contribution in [2.45, 2.75) is 0 Å². The van der Waals surface area contributed by atoms with Gasteiger partial charge in [0.05, 0.1) is 16.8 Å². The van der Waals surface area contributed by atoms with E-state index in [0.29, 0.717) is 0 Å². The molecule has 0 spiro atoms. The molecule has 8 rings (SSSR count). The zero-order chi connectivity index (χ0) is 24.3. The highest BCUT2D eigenvalue weighted by atomic mass is 32.1. The van der Waals surface area contributed by atoms with Crippen LogP contribution in [0.1, 0.15) is 0 Å². The Morgan fingerprint density at radius 3 is 2.14 bits per heavy atom. The van der Waals surface area contributed by atoms with Crippen molar-refractivity contribution >= 4 is 81.3 Å². The summed E-state index contributed by atoms with van der Waals surface area (Å²) in [6.07, 6.45) is 0. The molecular formula is C34H21NOS. The molecule has 3 heteroatoms. The number of hydrogen-bond acceptors (Lipinski definition) is 3. The molecule has 0 aliphatic heterocycles. The van der Waals surface area contributed by atoms with Gasteiger partial charge in [0, 0.05) is 36.6 Å². The van der Waals surface area contributed by atoms with E-state index in [2.05, 4.69) is 120 Å². The number of anilines is 3. The summed E-state index contributed by atoms with van der Waals surface area (Å²) in [5.74, 6) is 0. The van der Waals surface area contributed by atoms with Gasteiger partial charge in [-0.15, -0.1) is 11.3 Å². The first-order valence-electron chi connectivity index (χ1n) is 12.4. The molecule has 0 N–H and O–H groups in total. The average molecular weight is 492 g/mol. The molecule has 6 aromatic carbocycles. The number of thiophene rings is 1. The Bertz CT molecular complexity index is 2100. The molecule has 0 unspecified atom stereocenters. The minimum absolute atomic E-state index is 0.895. The summed E-state index contributed by atoms with van der Waals surface area (Å²) in [6, 6.07) is 45.3. The molecule has 8 aromatic rings. The van der Waals surface area contributed by atoms with E-state index in [1.54, 1.807) is 0 Å². The molecule has 0 aliphatic rings. The van der Waals surface area contributed by atoms with Gasteiger partial charge in [-0.25, -0.2) is 0 Å². The summed E-state index contributed by atoms with van der Waals surface area (Å²) < 4.78 is 8.90. The minimum Gasteiger partial charge on any atom is -0.456 e. The van der Waals surface area contributed by atoms with E-state index >= 15 is 0 Å². The maximum Gasteiger partial charge on any atom is 0.137 e. The largest absolute Gasteiger partial charge is 0.456 e. The summed E-state index contributed by atoms with van der Waals surface area (Å²) >= 11 is 1.86. The van der Waals surface area contributed by atoms with Crippen molar-refractivity contribution in [3.05, 3.63) is 127 Å². The average Bonchev–Trinajstić information content (AvgIpc) is 3.51. The fraction of sp³-hybridized carbons (Fsp3) is 0. The van der Waals surface area contributed by atoms with Crippen LogP contribution in [0.5, 0.6) is 0 Å². The van der Waals surface area contributed by atoms with Gasteiger partial charge in [0.15, 0.2) is 0 Å². The molecule has 2 heterocycles. The molecule has 174 valence electrons. The lowest BCUT2D eigenvalue weighted by Crippen LogP contribution is -2.10. The third kappa shape index (κ3) is 3.11. The second-order valence-electron chi connectivity index (χ2n) is 9.36. The molecule has 0 bridgehead atoms. The summed E-state index contributed by atoms with van der Waals surface area (Å²) in [5, 5.41) is 7.36. The van der Waals surface area contributed by atoms with Crippen LogP contribution in [0.15, 0.2) is 132 Å². The predicted molar refractivity (Wildman–Crippen MR) is 159 cm³/mol. The number of nitrogens with zero attached hydrogens (tertiary/aromatic N) is 1. The van der Waals surface area contributed by atoms with E-state index in [1.807, 2.05) is 23.5 Å². The zero-order valence-corrected chi connectivity index (χ0v) is 20.7. The lowest BCUT2D eigenvalue weighted by atomic mass is 10.0. The fourth-order valence-corrected chi connectivity index (χ4v) is 6.73. The monoisotopic (exact) mass is 491 g/mol. The second-order valence-corrected chi connectivity index (χ2v) is 10.4. The van der Waals surface area contributed by atoms with Gasteiger partial charge in [-0.2, -0.15) is 0 Å². The molecule has 0 atom stereocenters. The van der Waals surface area contributed by atoms with Crippen molar-refractivity contribution < 1.29 is 4.42 Å². The van der Waals surface area contributed by atoms with Crippen molar-refractivity contribution in [1.29, 1.82) is 0 Å². The van der Waals surface area contributed by atoms with Crippen molar-refractivity contribution in [2.75, 3.05) is 4.90 Å². The van der Waals surface area contributed by atoms with E-state index in [-0.39, 0.29) is 0 Å². The first kappa shape index (κ1) is 20.6. The fourth-order valence-electron chi connectivity index (χ4n) is 5.60. The summed E-state index contributed by atoms with van der Waals surface area (Å²) in [5.41, 5.74) is 5.18. The van der Waals surface area contributed by atoms with Crippen LogP contribution in [0.25, 0.3) is 52.9 Å². The van der Waals surface area contributed by atoms with E-state index < -0.39 is 0 Å². The standard InChI is InChI=1S/C34H21NOS/c1-2-11-23(12-3-1)35(29-16-9-18-31-34(29)25-14-4-6-17-30(25)36-31)28-15-8-10-22-20-27-24-13-5-7-19-32(24)37-33(27)21-26(22)28/h1-21H. The van der Waals surface area contributed by atoms with Gasteiger partial charge in [0.25, 0.3) is 0 Å². The van der Waals surface area contributed by atoms with Crippen molar-refractivity contribution in [1.82, 2.24) is 0 Å². The molecular weight excluding hydrogens is 470 g/mol. The van der Waals surface area contributed by atoms with Gasteiger partial charge < -0.3 is 9.32 Å². The van der Waals surface area contributed by atoms with Crippen molar-refractivity contribution in [3.63, 3.8) is 0 Å². The number of rotatable bonds is 3. The Labute approximate surface area is 217 Å². The molecule has 0 radical (unpaired) electrons. The third-order valence-corrected chi connectivity index (χ3v) is 8.37. The Hall–Kier alpha value is -4.60. The van der Waals surface area contributed by atoms with Gasteiger partial charge in [-0.1, -0.05) is 72.8 Å². The topological polar surface area (TPSA) is 16.4 Å². The first-order chi connectivity index (χ1) is 18.3. The molecule has 0 fully saturated rings. The van der Waals surface area contributed by atoms with Crippen LogP contribution in [0, 0.1) is 0 Å². The maximum absolute atomic E-state index is 6.27. The second kappa shape index (κ2) is 7.95. The van der Waals surface area contributed by atoms with Gasteiger partial charge in [0.2, 0.25) is 0 Å². The number of furan rings is 1. The van der Waals surface area contributed by atoms with Crippen molar-refractivity contribution in [2.24, 2.45) is 0 Å². The predicted octanol–water partition coefficient (Wildman–Crippen LogP) is 10.6. The lowest BCUT2D eigenvalue weighted by molar-refractivity contribution is 0.669. The van der Waals surface area contributed by atoms with Crippen LogP contribution in [0.2, 0.25) is 0 Å². The molecule has 0 saturated heterocycles. The van der Waals surface area contributed by atoms with E-state index in [9.17, 15) is 0 Å². The SMILES string of the molecule is c1ccc(N(c2cccc3cc4c(cc23)sc2ccccc24)c2cccc3oc4ccccc4c23)cc1. The van der Waals surface area contributed by atoms with Crippen LogP contribution < -0.4 is 4.90 Å². The summed E-state index contributed by atoms with van der Waals surface area (Å²) in [6.45, 7) is 0. The number of benzene rings is 6. The highest BCUT2D eigenvalue weighted by Crippen LogP contribution is 2.46. The van der Waals surface area contributed by atoms with Gasteiger partial charge in [-0.05, 0) is 60.0 Å². The third-order valence-electron chi connectivity index (χ3n) is 7.23. The van der Waals surface area contributed by atoms with E-state index in [1.165, 1.54) is 30.9 Å². The summed E-state index contributed by atoms with van der Waals surface area (Å²) in [4.78, 5) is 2.38. The smallest absolute Gasteiger partial charge is 0.137 e. The van der Waals surface area contributed by atoms with Crippen LogP contribution in [-0.2, 0) is 0 Å². The molecule has 0 amide bonds. The molecule has 2 nitrogen and oxygen atoms in total. The maximum atomic E-state index is 6.27. The Kier molecular flexibility index (Phi) is 4.42. The normalized spacial score (nSPS) is 11.8. The number of para-hydroxylation sites is 2. The van der Waals surface area contributed by atoms with Crippen LogP contribution >= 0.6 is 11.3 Å². The van der Waals surface area contributed by atoms with Gasteiger partial charge in [0.1, 0.15) is 11.2 Å². The molecule has 37 heavy (non-hydrogen) atoms. The van der Waals surface area contributed by atoms with Crippen molar-refractivity contribution in [3.8, 4) is 0 Å². The van der Waals surface area contributed by atoms with Crippen LogP contribution in [0.3, 0.4) is 0 Å². The van der Waals surface area contributed by atoms with Gasteiger partial charge >= 0.3 is 0 Å². The zero-order valence-electron chi connectivity index (χ0n) is 19.9. The van der Waals surface area contributed by atoms with Crippen LogP contribution in [0.4, 0.5) is 17.1 Å². The van der Waals surface area contributed by atoms with Crippen LogP contribution in [-0.4, -0.2) is 0 Å². The molecule has 2 aromatic heterocycles. The number of fused-ring (bicyclic) bond motifs is 7. The van der Waals surface area contributed by atoms with Gasteiger partial charge in [-0.3, -0.25) is 0 Å². The summed E-state index contributed by atoms with van der Waals surface area (Å²) in [7, 11) is 0. The van der Waals surface area contributed by atoms with E-state index in [4.69, 9.17) is 4.42 Å². The van der Waals surface area contributed by atoms with E-state index in [0.717, 1.165) is 39.0 Å².